The number of rotatable bonds is 6. The fraction of sp³-hybridized carbons (Fsp3) is 0.0455. The van der Waals surface area contributed by atoms with E-state index < -0.39 is 11.9 Å². The number of H-pyrrole nitrogens is 1. The number of amides is 1. The molecule has 0 aliphatic heterocycles. The summed E-state index contributed by atoms with van der Waals surface area (Å²) >= 11 is 1.37. The minimum Gasteiger partial charge on any atom is -0.322 e. The quantitative estimate of drug-likeness (QED) is 0.321. The zero-order valence-electron chi connectivity index (χ0n) is 17.3. The highest BCUT2D eigenvalue weighted by Crippen LogP contribution is 2.29. The van der Waals surface area contributed by atoms with Crippen LogP contribution in [0, 0.1) is 12.9 Å². The van der Waals surface area contributed by atoms with Crippen LogP contribution in [0.25, 0.3) is 5.52 Å². The lowest BCUT2D eigenvalue weighted by atomic mass is 10.2. The number of hydrogen-bond acceptors (Lipinski definition) is 7. The van der Waals surface area contributed by atoms with E-state index in [0.29, 0.717) is 22.5 Å². The number of halogens is 1. The molecule has 0 aliphatic carbocycles. The van der Waals surface area contributed by atoms with E-state index in [1.54, 1.807) is 16.6 Å². The maximum atomic E-state index is 13.7. The lowest BCUT2D eigenvalue weighted by Gasteiger charge is -2.09. The molecule has 11 heteroatoms. The Morgan fingerprint density at radius 3 is 2.76 bits per heavy atom. The van der Waals surface area contributed by atoms with Crippen LogP contribution in [0.15, 0.2) is 77.0 Å². The average Bonchev–Trinajstić information content (AvgIpc) is 3.44. The van der Waals surface area contributed by atoms with E-state index in [1.165, 1.54) is 30.1 Å². The van der Waals surface area contributed by atoms with Crippen LogP contribution in [-0.4, -0.2) is 35.7 Å². The van der Waals surface area contributed by atoms with E-state index in [2.05, 4.69) is 35.9 Å². The number of carbonyl (C=O) groups is 1. The highest BCUT2D eigenvalue weighted by molar-refractivity contribution is 7.99. The third-order valence-corrected chi connectivity index (χ3v) is 5.51. The summed E-state index contributed by atoms with van der Waals surface area (Å²) < 4.78 is 15.5. The van der Waals surface area contributed by atoms with Crippen LogP contribution in [0.2, 0.25) is 0 Å². The molecule has 33 heavy (non-hydrogen) atoms. The Morgan fingerprint density at radius 2 is 2.00 bits per heavy atom. The maximum Gasteiger partial charge on any atom is 0.260 e. The molecule has 0 spiro atoms. The molecule has 1 aromatic carbocycles. The van der Waals surface area contributed by atoms with Gasteiger partial charge in [0, 0.05) is 34.7 Å². The Kier molecular flexibility index (Phi) is 5.45. The Balaban J connectivity index is 1.33. The van der Waals surface area contributed by atoms with Gasteiger partial charge in [-0.05, 0) is 67.2 Å². The summed E-state index contributed by atoms with van der Waals surface area (Å²) in [4.78, 5) is 21.3. The van der Waals surface area contributed by atoms with Crippen molar-refractivity contribution in [3.63, 3.8) is 0 Å². The van der Waals surface area contributed by atoms with Crippen molar-refractivity contribution >= 4 is 40.5 Å². The topological polar surface area (TPSA) is 113 Å². The van der Waals surface area contributed by atoms with Gasteiger partial charge >= 0.3 is 0 Å². The number of nitrogens with zero attached hydrogens (tertiary/aromatic N) is 5. The molecule has 0 fully saturated rings. The van der Waals surface area contributed by atoms with Crippen LogP contribution >= 0.6 is 11.8 Å². The van der Waals surface area contributed by atoms with E-state index in [1.807, 2.05) is 43.5 Å². The number of benzene rings is 1. The standard InChI is InChI=1S/C22H17FN8OS/c1-13-12-18(29-28-13)26-20-17-5-3-11-31(17)30-22(27-20)33-15-8-6-14(7-9-15)25-21(32)16-4-2-10-24-19(16)23/h2-12H,1H3,(H,25,32)(H2,26,27,28,29,30). The summed E-state index contributed by atoms with van der Waals surface area (Å²) in [6.45, 7) is 1.92. The normalized spacial score (nSPS) is 11.0. The first-order chi connectivity index (χ1) is 16.0. The molecule has 5 aromatic rings. The summed E-state index contributed by atoms with van der Waals surface area (Å²) in [5, 5.41) is 18.1. The van der Waals surface area contributed by atoms with Crippen molar-refractivity contribution in [3.8, 4) is 0 Å². The summed E-state index contributed by atoms with van der Waals surface area (Å²) in [6, 6.07) is 15.7. The largest absolute Gasteiger partial charge is 0.322 e. The van der Waals surface area contributed by atoms with Gasteiger partial charge in [0.1, 0.15) is 5.52 Å². The van der Waals surface area contributed by atoms with Gasteiger partial charge in [0.15, 0.2) is 11.6 Å². The van der Waals surface area contributed by atoms with Crippen molar-refractivity contribution in [2.45, 2.75) is 17.0 Å². The Morgan fingerprint density at radius 1 is 1.15 bits per heavy atom. The number of aromatic amines is 1. The molecule has 4 aromatic heterocycles. The second-order valence-corrected chi connectivity index (χ2v) is 8.11. The van der Waals surface area contributed by atoms with Gasteiger partial charge in [-0.2, -0.15) is 9.49 Å². The van der Waals surface area contributed by atoms with E-state index in [0.717, 1.165) is 16.1 Å². The molecule has 0 radical (unpaired) electrons. The molecule has 164 valence electrons. The molecule has 3 N–H and O–H groups in total. The Bertz CT molecular complexity index is 1450. The number of fused-ring (bicyclic) bond motifs is 1. The lowest BCUT2D eigenvalue weighted by molar-refractivity contribution is 0.102. The minimum absolute atomic E-state index is 0.114. The summed E-state index contributed by atoms with van der Waals surface area (Å²) in [5.41, 5.74) is 2.17. The highest BCUT2D eigenvalue weighted by atomic mass is 32.2. The highest BCUT2D eigenvalue weighted by Gasteiger charge is 2.13. The molecule has 4 heterocycles. The number of aromatic nitrogens is 6. The number of nitrogens with one attached hydrogen (secondary N) is 3. The molecule has 0 atom stereocenters. The second kappa shape index (κ2) is 8.71. The van der Waals surface area contributed by atoms with Gasteiger partial charge in [-0.1, -0.05) is 0 Å². The molecular formula is C22H17FN8OS. The van der Waals surface area contributed by atoms with Crippen LogP contribution in [0.1, 0.15) is 16.1 Å². The van der Waals surface area contributed by atoms with Crippen LogP contribution in [0.5, 0.6) is 0 Å². The SMILES string of the molecule is Cc1cc(Nc2nc(Sc3ccc(NC(=O)c4cccnc4F)cc3)nn3cccc23)n[nH]1. The van der Waals surface area contributed by atoms with Gasteiger partial charge in [-0.25, -0.2) is 14.5 Å². The van der Waals surface area contributed by atoms with Crippen LogP contribution in [-0.2, 0) is 0 Å². The molecular weight excluding hydrogens is 443 g/mol. The van der Waals surface area contributed by atoms with E-state index >= 15 is 0 Å². The fourth-order valence-electron chi connectivity index (χ4n) is 3.12. The van der Waals surface area contributed by atoms with Gasteiger partial charge < -0.3 is 10.6 Å². The van der Waals surface area contributed by atoms with Crippen molar-refractivity contribution in [2.24, 2.45) is 0 Å². The Hall–Kier alpha value is -4.25. The zero-order chi connectivity index (χ0) is 22.8. The van der Waals surface area contributed by atoms with Crippen molar-refractivity contribution in [1.82, 2.24) is 29.8 Å². The van der Waals surface area contributed by atoms with E-state index in [-0.39, 0.29) is 5.56 Å². The first-order valence-electron chi connectivity index (χ1n) is 9.89. The Labute approximate surface area is 191 Å². The molecule has 0 aliphatic rings. The summed E-state index contributed by atoms with van der Waals surface area (Å²) in [7, 11) is 0. The third-order valence-electron chi connectivity index (χ3n) is 4.65. The van der Waals surface area contributed by atoms with Gasteiger partial charge in [0.25, 0.3) is 5.91 Å². The first kappa shape index (κ1) is 20.6. The molecule has 9 nitrogen and oxygen atoms in total. The molecule has 0 bridgehead atoms. The number of carbonyl (C=O) groups excluding carboxylic acids is 1. The number of anilines is 3. The van der Waals surface area contributed by atoms with Crippen LogP contribution in [0.4, 0.5) is 21.7 Å². The van der Waals surface area contributed by atoms with Crippen LogP contribution in [0.3, 0.4) is 0 Å². The number of hydrogen-bond donors (Lipinski definition) is 3. The third kappa shape index (κ3) is 4.53. The van der Waals surface area contributed by atoms with Crippen molar-refractivity contribution in [3.05, 3.63) is 84.2 Å². The van der Waals surface area contributed by atoms with Gasteiger partial charge in [-0.3, -0.25) is 9.89 Å². The smallest absolute Gasteiger partial charge is 0.260 e. The van der Waals surface area contributed by atoms with Crippen LogP contribution < -0.4 is 10.6 Å². The van der Waals surface area contributed by atoms with Crippen molar-refractivity contribution < 1.29 is 9.18 Å². The van der Waals surface area contributed by atoms with Crippen molar-refractivity contribution in [2.75, 3.05) is 10.6 Å². The maximum absolute atomic E-state index is 13.7. The molecule has 5 rings (SSSR count). The van der Waals surface area contributed by atoms with Gasteiger partial charge in [0.2, 0.25) is 11.1 Å². The predicted octanol–water partition coefficient (Wildman–Crippen LogP) is 4.44. The predicted molar refractivity (Wildman–Crippen MR) is 122 cm³/mol. The second-order valence-electron chi connectivity index (χ2n) is 7.06. The minimum atomic E-state index is -0.811. The number of pyridine rings is 1. The van der Waals surface area contributed by atoms with Gasteiger partial charge in [0.05, 0.1) is 5.56 Å². The summed E-state index contributed by atoms with van der Waals surface area (Å²) in [6.07, 6.45) is 3.14. The molecule has 0 saturated heterocycles. The molecule has 1 amide bonds. The van der Waals surface area contributed by atoms with Crippen molar-refractivity contribution in [1.29, 1.82) is 0 Å². The van der Waals surface area contributed by atoms with E-state index in [4.69, 9.17) is 0 Å². The molecule has 0 saturated carbocycles. The fourth-order valence-corrected chi connectivity index (χ4v) is 3.87. The zero-order valence-corrected chi connectivity index (χ0v) is 18.1. The molecule has 0 unspecified atom stereocenters. The number of aryl methyl sites for hydroxylation is 1. The lowest BCUT2D eigenvalue weighted by Crippen LogP contribution is -2.14. The first-order valence-corrected chi connectivity index (χ1v) is 10.7. The van der Waals surface area contributed by atoms with E-state index in [9.17, 15) is 9.18 Å². The van der Waals surface area contributed by atoms with Gasteiger partial charge in [-0.15, -0.1) is 5.10 Å². The summed E-state index contributed by atoms with van der Waals surface area (Å²) in [5.74, 6) is -0.0809. The average molecular weight is 460 g/mol. The monoisotopic (exact) mass is 460 g/mol.